The van der Waals surface area contributed by atoms with Crippen molar-refractivity contribution in [3.05, 3.63) is 39.7 Å². The van der Waals surface area contributed by atoms with Gasteiger partial charge in [0.15, 0.2) is 6.29 Å². The number of ether oxygens (including phenoxy) is 2. The largest absolute Gasteiger partial charge is 0.352 e. The summed E-state index contributed by atoms with van der Waals surface area (Å²) in [6.07, 6.45) is 0.789. The molecule has 0 aliphatic rings. The Kier molecular flexibility index (Phi) is 4.69. The van der Waals surface area contributed by atoms with Crippen LogP contribution in [0.5, 0.6) is 0 Å². The summed E-state index contributed by atoms with van der Waals surface area (Å²) in [6, 6.07) is 0. The maximum atomic E-state index is 14.2. The fourth-order valence-corrected chi connectivity index (χ4v) is 2.14. The van der Waals surface area contributed by atoms with Gasteiger partial charge >= 0.3 is 0 Å². The van der Waals surface area contributed by atoms with Crippen LogP contribution in [0.1, 0.15) is 28.5 Å². The second-order valence-corrected chi connectivity index (χ2v) is 4.09. The van der Waals surface area contributed by atoms with Gasteiger partial charge in [-0.15, -0.1) is 0 Å². The van der Waals surface area contributed by atoms with E-state index in [-0.39, 0.29) is 5.56 Å². The number of hydrogen-bond acceptors (Lipinski definition) is 2. The minimum atomic E-state index is -0.807. The second-order valence-electron chi connectivity index (χ2n) is 3.71. The molecule has 0 spiro atoms. The highest BCUT2D eigenvalue weighted by atomic mass is 35.5. The standard InChI is InChI=1S/C13H16ClFO2/c1-6-9-7(2)11(14)10(12(15)8(9)3)13(16-4)17-5/h6,13H,1H2,2-5H3. The Morgan fingerprint density at radius 3 is 2.18 bits per heavy atom. The molecule has 0 bridgehead atoms. The first kappa shape index (κ1) is 14.2. The molecule has 0 N–H and O–H groups in total. The van der Waals surface area contributed by atoms with E-state index in [9.17, 15) is 4.39 Å². The zero-order valence-electron chi connectivity index (χ0n) is 10.4. The molecule has 1 rings (SSSR count). The summed E-state index contributed by atoms with van der Waals surface area (Å²) in [7, 11) is 2.88. The summed E-state index contributed by atoms with van der Waals surface area (Å²) in [5, 5.41) is 0.316. The van der Waals surface area contributed by atoms with Crippen LogP contribution >= 0.6 is 11.6 Å². The van der Waals surface area contributed by atoms with Crippen molar-refractivity contribution in [3.63, 3.8) is 0 Å². The maximum absolute atomic E-state index is 14.2. The molecule has 0 amide bonds. The first-order chi connectivity index (χ1) is 7.99. The number of methoxy groups -OCH3 is 2. The van der Waals surface area contributed by atoms with Crippen LogP contribution in [0.4, 0.5) is 4.39 Å². The summed E-state index contributed by atoms with van der Waals surface area (Å²) >= 11 is 6.16. The zero-order valence-corrected chi connectivity index (χ0v) is 11.2. The van der Waals surface area contributed by atoms with Crippen molar-refractivity contribution in [1.29, 1.82) is 0 Å². The van der Waals surface area contributed by atoms with E-state index >= 15 is 0 Å². The maximum Gasteiger partial charge on any atom is 0.187 e. The Labute approximate surface area is 106 Å². The van der Waals surface area contributed by atoms with Crippen molar-refractivity contribution >= 4 is 17.7 Å². The Hall–Kier alpha value is -0.900. The molecule has 0 aliphatic carbocycles. The third-order valence-corrected chi connectivity index (χ3v) is 3.29. The van der Waals surface area contributed by atoms with Gasteiger partial charge in [0.25, 0.3) is 0 Å². The van der Waals surface area contributed by atoms with Gasteiger partial charge in [-0.05, 0) is 30.5 Å². The Balaban J connectivity index is 3.57. The van der Waals surface area contributed by atoms with Crippen LogP contribution in [0.2, 0.25) is 5.02 Å². The molecule has 1 aromatic carbocycles. The van der Waals surface area contributed by atoms with E-state index < -0.39 is 12.1 Å². The number of benzene rings is 1. The van der Waals surface area contributed by atoms with E-state index in [1.807, 2.05) is 6.92 Å². The van der Waals surface area contributed by atoms with E-state index in [2.05, 4.69) is 6.58 Å². The van der Waals surface area contributed by atoms with Crippen molar-refractivity contribution in [2.45, 2.75) is 20.1 Å². The fourth-order valence-electron chi connectivity index (χ4n) is 1.86. The second kappa shape index (κ2) is 5.63. The molecular formula is C13H16ClFO2. The lowest BCUT2D eigenvalue weighted by molar-refractivity contribution is -0.107. The topological polar surface area (TPSA) is 18.5 Å². The Bertz CT molecular complexity index is 411. The molecular weight excluding hydrogens is 243 g/mol. The van der Waals surface area contributed by atoms with Gasteiger partial charge in [-0.3, -0.25) is 0 Å². The van der Waals surface area contributed by atoms with Crippen molar-refractivity contribution in [1.82, 2.24) is 0 Å². The lowest BCUT2D eigenvalue weighted by atomic mass is 9.98. The molecule has 0 heterocycles. The molecule has 0 aliphatic heterocycles. The minimum Gasteiger partial charge on any atom is -0.352 e. The predicted octanol–water partition coefficient (Wildman–Crippen LogP) is 4.03. The van der Waals surface area contributed by atoms with E-state index in [4.69, 9.17) is 21.1 Å². The average Bonchev–Trinajstić information content (AvgIpc) is 2.33. The summed E-state index contributed by atoms with van der Waals surface area (Å²) in [6.45, 7) is 7.16. The zero-order chi connectivity index (χ0) is 13.2. The Morgan fingerprint density at radius 1 is 1.24 bits per heavy atom. The van der Waals surface area contributed by atoms with E-state index in [1.54, 1.807) is 13.0 Å². The van der Waals surface area contributed by atoms with E-state index in [1.165, 1.54) is 14.2 Å². The van der Waals surface area contributed by atoms with E-state index in [0.717, 1.165) is 5.56 Å². The van der Waals surface area contributed by atoms with Gasteiger partial charge in [0.1, 0.15) is 5.82 Å². The molecule has 17 heavy (non-hydrogen) atoms. The van der Waals surface area contributed by atoms with Gasteiger partial charge in [-0.25, -0.2) is 4.39 Å². The van der Waals surface area contributed by atoms with Crippen LogP contribution in [-0.2, 0) is 9.47 Å². The fraction of sp³-hybridized carbons (Fsp3) is 0.385. The van der Waals surface area contributed by atoms with Crippen LogP contribution in [0.3, 0.4) is 0 Å². The quantitative estimate of drug-likeness (QED) is 0.759. The van der Waals surface area contributed by atoms with Crippen molar-refractivity contribution in [2.24, 2.45) is 0 Å². The monoisotopic (exact) mass is 258 g/mol. The molecule has 0 saturated heterocycles. The van der Waals surface area contributed by atoms with Gasteiger partial charge in [0.2, 0.25) is 0 Å². The molecule has 0 atom stereocenters. The highest BCUT2D eigenvalue weighted by Gasteiger charge is 2.24. The van der Waals surface area contributed by atoms with Gasteiger partial charge in [0.05, 0.1) is 10.6 Å². The summed E-state index contributed by atoms with van der Waals surface area (Å²) in [5.41, 5.74) is 2.21. The third-order valence-electron chi connectivity index (χ3n) is 2.81. The molecule has 4 heteroatoms. The summed E-state index contributed by atoms with van der Waals surface area (Å²) < 4.78 is 24.3. The first-order valence-corrected chi connectivity index (χ1v) is 5.53. The molecule has 0 radical (unpaired) electrons. The lowest BCUT2D eigenvalue weighted by Crippen LogP contribution is -2.10. The molecule has 94 valence electrons. The van der Waals surface area contributed by atoms with Gasteiger partial charge in [-0.1, -0.05) is 24.3 Å². The normalized spacial score (nSPS) is 11.0. The highest BCUT2D eigenvalue weighted by molar-refractivity contribution is 6.32. The van der Waals surface area contributed by atoms with Gasteiger partial charge in [-0.2, -0.15) is 0 Å². The number of halogens is 2. The SMILES string of the molecule is C=Cc1c(C)c(F)c(C(OC)OC)c(Cl)c1C. The van der Waals surface area contributed by atoms with Crippen LogP contribution in [-0.4, -0.2) is 14.2 Å². The third kappa shape index (κ3) is 2.37. The van der Waals surface area contributed by atoms with Gasteiger partial charge < -0.3 is 9.47 Å². The number of hydrogen-bond donors (Lipinski definition) is 0. The first-order valence-electron chi connectivity index (χ1n) is 5.15. The average molecular weight is 259 g/mol. The van der Waals surface area contributed by atoms with E-state index in [0.29, 0.717) is 16.1 Å². The van der Waals surface area contributed by atoms with Crippen LogP contribution in [0, 0.1) is 19.7 Å². The number of rotatable bonds is 4. The van der Waals surface area contributed by atoms with Crippen molar-refractivity contribution < 1.29 is 13.9 Å². The summed E-state index contributed by atoms with van der Waals surface area (Å²) in [5.74, 6) is -0.413. The molecule has 2 nitrogen and oxygen atoms in total. The molecule has 0 unspecified atom stereocenters. The minimum absolute atomic E-state index is 0.234. The highest BCUT2D eigenvalue weighted by Crippen LogP contribution is 2.36. The van der Waals surface area contributed by atoms with Crippen LogP contribution < -0.4 is 0 Å². The Morgan fingerprint density at radius 2 is 1.76 bits per heavy atom. The van der Waals surface area contributed by atoms with Crippen LogP contribution in [0.25, 0.3) is 6.08 Å². The molecule has 0 fully saturated rings. The molecule has 1 aromatic rings. The molecule has 0 saturated carbocycles. The smallest absolute Gasteiger partial charge is 0.187 e. The summed E-state index contributed by atoms with van der Waals surface area (Å²) in [4.78, 5) is 0. The van der Waals surface area contributed by atoms with Crippen molar-refractivity contribution in [2.75, 3.05) is 14.2 Å². The van der Waals surface area contributed by atoms with Crippen molar-refractivity contribution in [3.8, 4) is 0 Å². The van der Waals surface area contributed by atoms with Crippen LogP contribution in [0.15, 0.2) is 6.58 Å². The predicted molar refractivity (Wildman–Crippen MR) is 67.7 cm³/mol. The molecule has 0 aromatic heterocycles. The van der Waals surface area contributed by atoms with Gasteiger partial charge in [0, 0.05) is 14.2 Å². The lowest BCUT2D eigenvalue weighted by Gasteiger charge is -2.20.